The Morgan fingerprint density at radius 1 is 1.02 bits per heavy atom. The number of carbonyl (C=O) groups is 3. The van der Waals surface area contributed by atoms with Crippen LogP contribution < -0.4 is 10.6 Å². The van der Waals surface area contributed by atoms with Crippen LogP contribution in [0.3, 0.4) is 0 Å². The molecule has 2 aliphatic heterocycles. The fourth-order valence-corrected chi connectivity index (χ4v) is 6.43. The summed E-state index contributed by atoms with van der Waals surface area (Å²) < 4.78 is 26.9. The molecule has 2 aromatic carbocycles. The first-order valence-corrected chi connectivity index (χ1v) is 14.5. The van der Waals surface area contributed by atoms with E-state index in [-0.39, 0.29) is 43.9 Å². The number of nitrogens with one attached hydrogen (secondary N) is 2. The number of benzene rings is 2. The number of anilines is 2. The second-order valence-electron chi connectivity index (χ2n) is 13.0. The fourth-order valence-electron chi connectivity index (χ4n) is 6.43. The third kappa shape index (κ3) is 5.63. The quantitative estimate of drug-likeness (QED) is 0.424. The third-order valence-corrected chi connectivity index (χ3v) is 8.51. The number of alkyl halides is 2. The summed E-state index contributed by atoms with van der Waals surface area (Å²) in [6.45, 7) is 5.19. The first kappa shape index (κ1) is 28.9. The molecule has 1 atom stereocenters. The maximum Gasteiger partial charge on any atom is 0.272 e. The highest BCUT2D eigenvalue weighted by Gasteiger charge is 2.51. The summed E-state index contributed by atoms with van der Waals surface area (Å²) in [5, 5.41) is 5.85. The average Bonchev–Trinajstić information content (AvgIpc) is 3.44. The highest BCUT2D eigenvalue weighted by Crippen LogP contribution is 2.47. The molecule has 8 nitrogen and oxygen atoms in total. The van der Waals surface area contributed by atoms with E-state index in [4.69, 9.17) is 0 Å². The second-order valence-corrected chi connectivity index (χ2v) is 13.0. The molecule has 0 bridgehead atoms. The topological polar surface area (TPSA) is 94.6 Å². The average molecular weight is 588 g/mol. The lowest BCUT2D eigenvalue weighted by Gasteiger charge is -2.39. The molecule has 1 aliphatic carbocycles. The molecule has 0 saturated carbocycles. The van der Waals surface area contributed by atoms with Crippen molar-refractivity contribution >= 4 is 29.2 Å². The number of likely N-dealkylation sites (tertiary alicyclic amines) is 1. The Balaban J connectivity index is 1.17. The Bertz CT molecular complexity index is 1610. The number of carbonyl (C=O) groups excluding carboxylic acids is 3. The molecule has 1 fully saturated rings. The minimum atomic E-state index is -2.66. The van der Waals surface area contributed by atoms with E-state index in [1.165, 1.54) is 4.90 Å². The van der Waals surface area contributed by atoms with Crippen LogP contribution in [0, 0.1) is 5.41 Å². The van der Waals surface area contributed by atoms with Crippen LogP contribution in [-0.2, 0) is 45.7 Å². The van der Waals surface area contributed by atoms with E-state index in [0.29, 0.717) is 30.9 Å². The number of nitrogens with zero attached hydrogens (tertiary/aromatic N) is 3. The lowest BCUT2D eigenvalue weighted by molar-refractivity contribution is -0.142. The van der Waals surface area contributed by atoms with E-state index in [9.17, 15) is 23.2 Å². The Morgan fingerprint density at radius 3 is 2.47 bits per heavy atom. The van der Waals surface area contributed by atoms with E-state index in [2.05, 4.69) is 15.6 Å². The maximum atomic E-state index is 13.5. The monoisotopic (exact) mass is 587 g/mol. The van der Waals surface area contributed by atoms with Gasteiger partial charge in [0, 0.05) is 36.0 Å². The van der Waals surface area contributed by atoms with Crippen molar-refractivity contribution in [3.05, 3.63) is 88.6 Å². The van der Waals surface area contributed by atoms with Gasteiger partial charge in [-0.1, -0.05) is 57.2 Å². The number of hydrogen-bond acceptors (Lipinski definition) is 5. The summed E-state index contributed by atoms with van der Waals surface area (Å²) in [5.41, 5.74) is 3.74. The molecule has 3 heterocycles. The van der Waals surface area contributed by atoms with Crippen molar-refractivity contribution in [2.75, 3.05) is 30.3 Å². The van der Waals surface area contributed by atoms with Gasteiger partial charge in [0.15, 0.2) is 0 Å². The Hall–Kier alpha value is -4.18. The van der Waals surface area contributed by atoms with Crippen molar-refractivity contribution in [2.45, 2.75) is 58.0 Å². The maximum absolute atomic E-state index is 13.5. The number of fused-ring (bicyclic) bond motifs is 3. The largest absolute Gasteiger partial charge is 0.329 e. The van der Waals surface area contributed by atoms with Gasteiger partial charge in [0.1, 0.15) is 12.4 Å². The molecule has 3 amide bonds. The number of halogens is 2. The van der Waals surface area contributed by atoms with E-state index in [1.807, 2.05) is 54.6 Å². The highest BCUT2D eigenvalue weighted by molar-refractivity contribution is 6.06. The fraction of sp³-hybridized carbons (Fsp3) is 0.394. The molecular formula is C33H35F2N5O3. The minimum absolute atomic E-state index is 0.0672. The van der Waals surface area contributed by atoms with Crippen LogP contribution >= 0.6 is 0 Å². The summed E-state index contributed by atoms with van der Waals surface area (Å²) in [6.07, 6.45) is 2.72. The summed E-state index contributed by atoms with van der Waals surface area (Å²) in [4.78, 5) is 47.3. The standard InChI is InChI=1S/C33H35F2N5O3/c1-31(2,3)30(43)40(17-23-8-5-4-7-22(23)16-39-19-33(34,35)20-39)18-27(41)37-25-11-10-21-14-32(15-24(21)13-25)26-9-6-12-36-28(26)38-29(32)42/h4-13H,14-20H2,1-3H3,(H,37,41)(H,36,38,42). The SMILES string of the molecule is CC(C)(C)C(=O)N(CC(=O)Nc1ccc2c(c1)CC1(C2)C(=O)Nc2ncccc21)Cc1ccccc1CN1CC(F)(F)C1. The van der Waals surface area contributed by atoms with Gasteiger partial charge in [0.05, 0.1) is 18.5 Å². The first-order chi connectivity index (χ1) is 20.3. The lowest BCUT2D eigenvalue weighted by Crippen LogP contribution is -2.55. The molecule has 1 aromatic heterocycles. The van der Waals surface area contributed by atoms with Gasteiger partial charge in [-0.05, 0) is 53.3 Å². The van der Waals surface area contributed by atoms with E-state index in [1.54, 1.807) is 31.9 Å². The van der Waals surface area contributed by atoms with Crippen molar-refractivity contribution in [2.24, 2.45) is 5.41 Å². The molecule has 3 aromatic rings. The second kappa shape index (κ2) is 10.5. The predicted molar refractivity (Wildman–Crippen MR) is 159 cm³/mol. The molecule has 43 heavy (non-hydrogen) atoms. The van der Waals surface area contributed by atoms with Crippen molar-refractivity contribution in [3.8, 4) is 0 Å². The molecule has 10 heteroatoms. The van der Waals surface area contributed by atoms with E-state index in [0.717, 1.165) is 27.8 Å². The smallest absolute Gasteiger partial charge is 0.272 e. The van der Waals surface area contributed by atoms with Crippen LogP contribution in [0.25, 0.3) is 0 Å². The number of rotatable bonds is 7. The Kier molecular flexibility index (Phi) is 7.07. The van der Waals surface area contributed by atoms with Gasteiger partial charge < -0.3 is 15.5 Å². The van der Waals surface area contributed by atoms with E-state index >= 15 is 0 Å². The minimum Gasteiger partial charge on any atom is -0.329 e. The number of pyridine rings is 1. The molecule has 3 aliphatic rings. The van der Waals surface area contributed by atoms with Crippen LogP contribution in [0.2, 0.25) is 0 Å². The van der Waals surface area contributed by atoms with Crippen LogP contribution in [0.15, 0.2) is 60.8 Å². The van der Waals surface area contributed by atoms with Gasteiger partial charge in [-0.25, -0.2) is 13.8 Å². The molecule has 1 saturated heterocycles. The molecule has 224 valence electrons. The van der Waals surface area contributed by atoms with Gasteiger partial charge >= 0.3 is 0 Å². The van der Waals surface area contributed by atoms with Crippen molar-refractivity contribution in [1.82, 2.24) is 14.8 Å². The molecule has 6 rings (SSSR count). The normalized spacial score (nSPS) is 20.3. The summed E-state index contributed by atoms with van der Waals surface area (Å²) in [5.74, 6) is -2.67. The van der Waals surface area contributed by atoms with Gasteiger partial charge in [-0.3, -0.25) is 19.3 Å². The van der Waals surface area contributed by atoms with Gasteiger partial charge in [0.2, 0.25) is 17.7 Å². The Morgan fingerprint density at radius 2 is 1.74 bits per heavy atom. The van der Waals surface area contributed by atoms with Crippen LogP contribution in [-0.4, -0.2) is 58.1 Å². The van der Waals surface area contributed by atoms with Gasteiger partial charge in [0.25, 0.3) is 5.92 Å². The van der Waals surface area contributed by atoms with E-state index < -0.39 is 16.8 Å². The van der Waals surface area contributed by atoms with Crippen molar-refractivity contribution in [3.63, 3.8) is 0 Å². The lowest BCUT2D eigenvalue weighted by atomic mass is 9.79. The molecule has 0 radical (unpaired) electrons. The predicted octanol–water partition coefficient (Wildman–Crippen LogP) is 4.53. The van der Waals surface area contributed by atoms with Crippen LogP contribution in [0.4, 0.5) is 20.3 Å². The first-order valence-electron chi connectivity index (χ1n) is 14.5. The summed E-state index contributed by atoms with van der Waals surface area (Å²) >= 11 is 0. The number of amides is 3. The van der Waals surface area contributed by atoms with Crippen molar-refractivity contribution < 1.29 is 23.2 Å². The summed E-state index contributed by atoms with van der Waals surface area (Å²) in [7, 11) is 0. The zero-order chi connectivity index (χ0) is 30.6. The third-order valence-electron chi connectivity index (χ3n) is 8.51. The molecule has 1 unspecified atom stereocenters. The van der Waals surface area contributed by atoms with Crippen LogP contribution in [0.1, 0.15) is 48.6 Å². The summed E-state index contributed by atoms with van der Waals surface area (Å²) in [6, 6.07) is 16.9. The van der Waals surface area contributed by atoms with Crippen LogP contribution in [0.5, 0.6) is 0 Å². The molecular weight excluding hydrogens is 552 g/mol. The Labute approximate surface area is 249 Å². The molecule has 1 spiro atoms. The number of aromatic nitrogens is 1. The molecule has 2 N–H and O–H groups in total. The highest BCUT2D eigenvalue weighted by atomic mass is 19.3. The zero-order valence-corrected chi connectivity index (χ0v) is 24.5. The zero-order valence-electron chi connectivity index (χ0n) is 24.5. The van der Waals surface area contributed by atoms with Crippen molar-refractivity contribution in [1.29, 1.82) is 0 Å². The van der Waals surface area contributed by atoms with Gasteiger partial charge in [-0.15, -0.1) is 0 Å². The number of hydrogen-bond donors (Lipinski definition) is 2. The van der Waals surface area contributed by atoms with Gasteiger partial charge in [-0.2, -0.15) is 0 Å².